The molecule has 0 radical (unpaired) electrons. The molecular formula is C11H16Cl2N2O2. The zero-order valence-electron chi connectivity index (χ0n) is 9.77. The van der Waals surface area contributed by atoms with Crippen LogP contribution in [0.4, 0.5) is 0 Å². The van der Waals surface area contributed by atoms with Crippen LogP contribution >= 0.6 is 24.0 Å². The van der Waals surface area contributed by atoms with Crippen LogP contribution in [-0.2, 0) is 11.3 Å². The zero-order valence-corrected chi connectivity index (χ0v) is 11.3. The molecule has 0 atom stereocenters. The van der Waals surface area contributed by atoms with Gasteiger partial charge in [0, 0.05) is 24.2 Å². The number of carbonyl (C=O) groups is 1. The molecule has 0 fully saturated rings. The molecule has 96 valence electrons. The number of nitrogens with zero attached hydrogens (tertiary/aromatic N) is 1. The number of amides is 1. The Labute approximate surface area is 112 Å². The Hall–Kier alpha value is -0.970. The van der Waals surface area contributed by atoms with Crippen LogP contribution in [-0.4, -0.2) is 31.5 Å². The quantitative estimate of drug-likeness (QED) is 0.912. The van der Waals surface area contributed by atoms with Gasteiger partial charge in [-0.15, -0.1) is 12.4 Å². The topological polar surface area (TPSA) is 55.6 Å². The summed E-state index contributed by atoms with van der Waals surface area (Å²) in [7, 11) is 3.27. The summed E-state index contributed by atoms with van der Waals surface area (Å²) in [5, 5.41) is 0.615. The molecule has 0 spiro atoms. The highest BCUT2D eigenvalue weighted by Crippen LogP contribution is 2.23. The number of rotatable bonds is 4. The molecule has 1 aromatic carbocycles. The molecule has 2 N–H and O–H groups in total. The van der Waals surface area contributed by atoms with Crippen LogP contribution in [0.3, 0.4) is 0 Å². The van der Waals surface area contributed by atoms with E-state index in [-0.39, 0.29) is 24.9 Å². The fourth-order valence-electron chi connectivity index (χ4n) is 1.37. The van der Waals surface area contributed by atoms with E-state index in [0.29, 0.717) is 17.3 Å². The second-order valence-electron chi connectivity index (χ2n) is 3.41. The van der Waals surface area contributed by atoms with Crippen molar-refractivity contribution in [2.45, 2.75) is 6.54 Å². The van der Waals surface area contributed by atoms with Crippen molar-refractivity contribution >= 4 is 29.9 Å². The highest BCUT2D eigenvalue weighted by molar-refractivity contribution is 6.30. The fourth-order valence-corrected chi connectivity index (χ4v) is 1.56. The molecule has 0 heterocycles. The first-order valence-electron chi connectivity index (χ1n) is 4.85. The van der Waals surface area contributed by atoms with Crippen molar-refractivity contribution in [3.8, 4) is 5.75 Å². The maximum Gasteiger partial charge on any atom is 0.236 e. The number of likely N-dealkylation sites (N-methyl/N-ethyl adjacent to an activating group) is 1. The molecule has 6 heteroatoms. The monoisotopic (exact) mass is 278 g/mol. The third-order valence-corrected chi connectivity index (χ3v) is 2.49. The summed E-state index contributed by atoms with van der Waals surface area (Å²) in [6.45, 7) is 0.430. The molecule has 0 bridgehead atoms. The number of hydrogen-bond donors (Lipinski definition) is 1. The lowest BCUT2D eigenvalue weighted by molar-refractivity contribution is -0.128. The second kappa shape index (κ2) is 7.37. The lowest BCUT2D eigenvalue weighted by atomic mass is 10.2. The number of nitrogens with two attached hydrogens (primary N) is 1. The third-order valence-electron chi connectivity index (χ3n) is 2.25. The minimum Gasteiger partial charge on any atom is -0.496 e. The highest BCUT2D eigenvalue weighted by atomic mass is 35.5. The fraction of sp³-hybridized carbons (Fsp3) is 0.364. The lowest BCUT2D eigenvalue weighted by Crippen LogP contribution is -2.32. The molecule has 1 amide bonds. The molecule has 0 unspecified atom stereocenters. The highest BCUT2D eigenvalue weighted by Gasteiger charge is 2.10. The Morgan fingerprint density at radius 3 is 2.71 bits per heavy atom. The van der Waals surface area contributed by atoms with Crippen LogP contribution in [0.5, 0.6) is 5.75 Å². The number of halogens is 2. The van der Waals surface area contributed by atoms with E-state index in [9.17, 15) is 4.79 Å². The van der Waals surface area contributed by atoms with Crippen molar-refractivity contribution in [1.82, 2.24) is 4.90 Å². The van der Waals surface area contributed by atoms with Gasteiger partial charge in [0.05, 0.1) is 13.7 Å². The van der Waals surface area contributed by atoms with Crippen molar-refractivity contribution in [3.63, 3.8) is 0 Å². The predicted octanol–water partition coefficient (Wildman–Crippen LogP) is 1.69. The van der Waals surface area contributed by atoms with Crippen LogP contribution in [0, 0.1) is 0 Å². The van der Waals surface area contributed by atoms with Gasteiger partial charge in [-0.05, 0) is 18.2 Å². The molecule has 4 nitrogen and oxygen atoms in total. The number of carbonyl (C=O) groups excluding carboxylic acids is 1. The number of ether oxygens (including phenoxy) is 1. The average molecular weight is 279 g/mol. The molecule has 0 aliphatic heterocycles. The maximum absolute atomic E-state index is 11.3. The van der Waals surface area contributed by atoms with Gasteiger partial charge in [-0.3, -0.25) is 4.79 Å². The van der Waals surface area contributed by atoms with Gasteiger partial charge in [0.25, 0.3) is 0 Å². The SMILES string of the molecule is COc1ccc(Cl)cc1CN(C)C(=O)CN.Cl. The van der Waals surface area contributed by atoms with Crippen molar-refractivity contribution in [1.29, 1.82) is 0 Å². The standard InChI is InChI=1S/C11H15ClN2O2.ClH/c1-14(11(15)6-13)7-8-5-9(12)3-4-10(8)16-2;/h3-5H,6-7,13H2,1-2H3;1H. The Morgan fingerprint density at radius 2 is 2.18 bits per heavy atom. The molecule has 17 heavy (non-hydrogen) atoms. The van der Waals surface area contributed by atoms with Gasteiger partial charge in [-0.25, -0.2) is 0 Å². The summed E-state index contributed by atoms with van der Waals surface area (Å²) in [6, 6.07) is 5.30. The van der Waals surface area contributed by atoms with E-state index < -0.39 is 0 Å². The summed E-state index contributed by atoms with van der Waals surface area (Å²) < 4.78 is 5.19. The van der Waals surface area contributed by atoms with Gasteiger partial charge in [0.15, 0.2) is 0 Å². The molecule has 1 rings (SSSR count). The molecule has 1 aromatic rings. The van der Waals surface area contributed by atoms with E-state index in [4.69, 9.17) is 22.1 Å². The molecule has 0 aliphatic carbocycles. The Kier molecular flexibility index (Phi) is 6.95. The number of benzene rings is 1. The Bertz CT molecular complexity index is 386. The normalized spacial score (nSPS) is 9.41. The number of methoxy groups -OCH3 is 1. The molecule has 0 saturated carbocycles. The summed E-state index contributed by atoms with van der Waals surface area (Å²) in [5.74, 6) is 0.586. The van der Waals surface area contributed by atoms with Crippen molar-refractivity contribution < 1.29 is 9.53 Å². The van der Waals surface area contributed by atoms with Crippen molar-refractivity contribution in [2.75, 3.05) is 20.7 Å². The molecule has 0 aromatic heterocycles. The van der Waals surface area contributed by atoms with E-state index in [1.54, 1.807) is 32.4 Å². The smallest absolute Gasteiger partial charge is 0.236 e. The van der Waals surface area contributed by atoms with Gasteiger partial charge in [-0.1, -0.05) is 11.6 Å². The first-order valence-corrected chi connectivity index (χ1v) is 5.22. The predicted molar refractivity (Wildman–Crippen MR) is 70.8 cm³/mol. The molecular weight excluding hydrogens is 263 g/mol. The Balaban J connectivity index is 0.00000256. The van der Waals surface area contributed by atoms with Crippen LogP contribution in [0.1, 0.15) is 5.56 Å². The van der Waals surface area contributed by atoms with E-state index >= 15 is 0 Å². The summed E-state index contributed by atoms with van der Waals surface area (Å²) >= 11 is 5.89. The first-order chi connectivity index (χ1) is 7.58. The van der Waals surface area contributed by atoms with Gasteiger partial charge in [0.2, 0.25) is 5.91 Å². The van der Waals surface area contributed by atoms with E-state index in [1.807, 2.05) is 0 Å². The summed E-state index contributed by atoms with van der Waals surface area (Å²) in [5.41, 5.74) is 6.14. The van der Waals surface area contributed by atoms with E-state index in [1.165, 1.54) is 4.90 Å². The van der Waals surface area contributed by atoms with Crippen molar-refractivity contribution in [2.24, 2.45) is 5.73 Å². The third kappa shape index (κ3) is 4.42. The minimum absolute atomic E-state index is 0. The van der Waals surface area contributed by atoms with Gasteiger partial charge in [0.1, 0.15) is 5.75 Å². The van der Waals surface area contributed by atoms with Crippen LogP contribution < -0.4 is 10.5 Å². The Morgan fingerprint density at radius 1 is 1.53 bits per heavy atom. The van der Waals surface area contributed by atoms with Gasteiger partial charge >= 0.3 is 0 Å². The second-order valence-corrected chi connectivity index (χ2v) is 3.85. The minimum atomic E-state index is -0.123. The number of hydrogen-bond acceptors (Lipinski definition) is 3. The maximum atomic E-state index is 11.3. The lowest BCUT2D eigenvalue weighted by Gasteiger charge is -2.18. The average Bonchev–Trinajstić information content (AvgIpc) is 2.28. The van der Waals surface area contributed by atoms with Gasteiger partial charge in [-0.2, -0.15) is 0 Å². The molecule has 0 saturated heterocycles. The molecule has 0 aliphatic rings. The van der Waals surface area contributed by atoms with Crippen LogP contribution in [0.25, 0.3) is 0 Å². The zero-order chi connectivity index (χ0) is 12.1. The summed E-state index contributed by atoms with van der Waals surface area (Å²) in [4.78, 5) is 12.9. The van der Waals surface area contributed by atoms with E-state index in [0.717, 1.165) is 5.56 Å². The van der Waals surface area contributed by atoms with Gasteiger partial charge < -0.3 is 15.4 Å². The van der Waals surface area contributed by atoms with Crippen molar-refractivity contribution in [3.05, 3.63) is 28.8 Å². The van der Waals surface area contributed by atoms with Crippen LogP contribution in [0.2, 0.25) is 5.02 Å². The first kappa shape index (κ1) is 16.0. The largest absolute Gasteiger partial charge is 0.496 e. The van der Waals surface area contributed by atoms with Crippen LogP contribution in [0.15, 0.2) is 18.2 Å². The van der Waals surface area contributed by atoms with E-state index in [2.05, 4.69) is 0 Å². The summed E-state index contributed by atoms with van der Waals surface area (Å²) in [6.07, 6.45) is 0.